The van der Waals surface area contributed by atoms with Gasteiger partial charge in [0.15, 0.2) is 5.16 Å². The Morgan fingerprint density at radius 3 is 2.72 bits per heavy atom. The number of halogens is 1. The zero-order chi connectivity index (χ0) is 13.0. The number of aliphatic hydroxyl groups excluding tert-OH is 1. The van der Waals surface area contributed by atoms with Crippen molar-refractivity contribution in [1.82, 2.24) is 15.0 Å². The van der Waals surface area contributed by atoms with Crippen LogP contribution in [0.1, 0.15) is 19.8 Å². The summed E-state index contributed by atoms with van der Waals surface area (Å²) in [7, 11) is 0. The Hall–Kier alpha value is -0.590. The summed E-state index contributed by atoms with van der Waals surface area (Å²) in [5.74, 6) is 1.67. The lowest BCUT2D eigenvalue weighted by molar-refractivity contribution is 0.250. The second-order valence-electron chi connectivity index (χ2n) is 4.48. The van der Waals surface area contributed by atoms with E-state index in [1.54, 1.807) is 0 Å². The molecule has 1 N–H and O–H groups in total. The Labute approximate surface area is 116 Å². The molecule has 1 atom stereocenters. The zero-order valence-corrected chi connectivity index (χ0v) is 11.9. The fraction of sp³-hybridized carbons (Fsp3) is 0.727. The van der Waals surface area contributed by atoms with E-state index < -0.39 is 0 Å². The number of hydrogen-bond donors (Lipinski definition) is 1. The first-order chi connectivity index (χ1) is 8.69. The Morgan fingerprint density at radius 1 is 1.33 bits per heavy atom. The molecule has 18 heavy (non-hydrogen) atoms. The quantitative estimate of drug-likeness (QED) is 0.834. The Balaban J connectivity index is 2.06. The number of nitrogens with zero attached hydrogens (tertiary/aromatic N) is 4. The highest BCUT2D eigenvalue weighted by atomic mass is 35.5. The molecule has 0 saturated carbocycles. The van der Waals surface area contributed by atoms with Crippen LogP contribution in [0, 0.1) is 5.92 Å². The maximum Gasteiger partial charge on any atom is 0.230 e. The van der Waals surface area contributed by atoms with Gasteiger partial charge >= 0.3 is 0 Å². The Morgan fingerprint density at radius 2 is 2.06 bits per heavy atom. The molecule has 0 amide bonds. The van der Waals surface area contributed by atoms with Crippen molar-refractivity contribution in [2.45, 2.75) is 24.9 Å². The minimum absolute atomic E-state index is 0.171. The van der Waals surface area contributed by atoms with Crippen LogP contribution in [-0.4, -0.2) is 45.5 Å². The summed E-state index contributed by atoms with van der Waals surface area (Å²) < 4.78 is 0. The lowest BCUT2D eigenvalue weighted by Gasteiger charge is -2.15. The molecule has 1 aromatic rings. The molecule has 1 fully saturated rings. The summed E-state index contributed by atoms with van der Waals surface area (Å²) >= 11 is 7.43. The van der Waals surface area contributed by atoms with Crippen LogP contribution in [0.5, 0.6) is 0 Å². The lowest BCUT2D eigenvalue weighted by Crippen LogP contribution is -2.21. The summed E-state index contributed by atoms with van der Waals surface area (Å²) in [6, 6.07) is 0. The highest BCUT2D eigenvalue weighted by Crippen LogP contribution is 2.22. The monoisotopic (exact) mass is 288 g/mol. The Bertz CT molecular complexity index is 401. The summed E-state index contributed by atoms with van der Waals surface area (Å²) in [5.41, 5.74) is 0. The molecular formula is C11H17ClN4OS. The molecule has 7 heteroatoms. The van der Waals surface area contributed by atoms with Crippen LogP contribution in [0.25, 0.3) is 0 Å². The number of hydrogen-bond acceptors (Lipinski definition) is 6. The standard InChI is InChI=1S/C11H17ClN4OS/c1-8(6-17)7-18-11-14-9(12)13-10(15-11)16-4-2-3-5-16/h8,17H,2-7H2,1H3. The van der Waals surface area contributed by atoms with Crippen molar-refractivity contribution < 1.29 is 5.11 Å². The van der Waals surface area contributed by atoms with Gasteiger partial charge in [0.1, 0.15) is 0 Å². The van der Waals surface area contributed by atoms with E-state index in [0.29, 0.717) is 11.1 Å². The molecular weight excluding hydrogens is 272 g/mol. The molecule has 1 aliphatic rings. The number of aliphatic hydroxyl groups is 1. The van der Waals surface area contributed by atoms with E-state index >= 15 is 0 Å². The van der Waals surface area contributed by atoms with Crippen LogP contribution in [0.3, 0.4) is 0 Å². The second kappa shape index (κ2) is 6.54. The van der Waals surface area contributed by atoms with Gasteiger partial charge in [-0.1, -0.05) is 18.7 Å². The van der Waals surface area contributed by atoms with Crippen LogP contribution in [-0.2, 0) is 0 Å². The van der Waals surface area contributed by atoms with E-state index in [1.165, 1.54) is 24.6 Å². The van der Waals surface area contributed by atoms with E-state index in [9.17, 15) is 0 Å². The minimum atomic E-state index is 0.171. The lowest BCUT2D eigenvalue weighted by atomic mass is 10.2. The Kier molecular flexibility index (Phi) is 5.03. The van der Waals surface area contributed by atoms with Gasteiger partial charge in [0.25, 0.3) is 0 Å². The minimum Gasteiger partial charge on any atom is -0.396 e. The van der Waals surface area contributed by atoms with Crippen molar-refractivity contribution in [3.8, 4) is 0 Å². The number of anilines is 1. The first-order valence-corrected chi connectivity index (χ1v) is 7.45. The van der Waals surface area contributed by atoms with Gasteiger partial charge in [-0.25, -0.2) is 0 Å². The van der Waals surface area contributed by atoms with Gasteiger partial charge in [0.05, 0.1) is 0 Å². The van der Waals surface area contributed by atoms with Crippen molar-refractivity contribution in [1.29, 1.82) is 0 Å². The number of aromatic nitrogens is 3. The van der Waals surface area contributed by atoms with Crippen molar-refractivity contribution in [3.05, 3.63) is 5.28 Å². The average Bonchev–Trinajstić information content (AvgIpc) is 2.89. The van der Waals surface area contributed by atoms with Crippen LogP contribution in [0.4, 0.5) is 5.95 Å². The van der Waals surface area contributed by atoms with Crippen LogP contribution in [0.2, 0.25) is 5.28 Å². The molecule has 5 nitrogen and oxygen atoms in total. The third-order valence-electron chi connectivity index (χ3n) is 2.77. The summed E-state index contributed by atoms with van der Waals surface area (Å²) in [6.07, 6.45) is 2.35. The van der Waals surface area contributed by atoms with Crippen molar-refractivity contribution in [3.63, 3.8) is 0 Å². The van der Waals surface area contributed by atoms with E-state index in [2.05, 4.69) is 19.9 Å². The zero-order valence-electron chi connectivity index (χ0n) is 10.3. The first kappa shape index (κ1) is 13.8. The molecule has 1 aliphatic heterocycles. The highest BCUT2D eigenvalue weighted by molar-refractivity contribution is 7.99. The van der Waals surface area contributed by atoms with Crippen molar-refractivity contribution >= 4 is 29.3 Å². The van der Waals surface area contributed by atoms with Gasteiger partial charge in [-0.2, -0.15) is 15.0 Å². The summed E-state index contributed by atoms with van der Waals surface area (Å²) in [6.45, 7) is 4.12. The molecule has 2 rings (SSSR count). The molecule has 1 unspecified atom stereocenters. The molecule has 0 radical (unpaired) electrons. The predicted molar refractivity (Wildman–Crippen MR) is 73.3 cm³/mol. The smallest absolute Gasteiger partial charge is 0.230 e. The van der Waals surface area contributed by atoms with Gasteiger partial charge in [-0.15, -0.1) is 0 Å². The fourth-order valence-electron chi connectivity index (χ4n) is 1.71. The van der Waals surface area contributed by atoms with Crippen molar-refractivity contribution in [2.24, 2.45) is 5.92 Å². The van der Waals surface area contributed by atoms with Gasteiger partial charge in [0.2, 0.25) is 11.2 Å². The van der Waals surface area contributed by atoms with E-state index in [-0.39, 0.29) is 17.8 Å². The van der Waals surface area contributed by atoms with Gasteiger partial charge in [-0.3, -0.25) is 0 Å². The second-order valence-corrected chi connectivity index (χ2v) is 5.81. The highest BCUT2D eigenvalue weighted by Gasteiger charge is 2.17. The summed E-state index contributed by atoms with van der Waals surface area (Å²) in [4.78, 5) is 14.8. The molecule has 100 valence electrons. The molecule has 0 spiro atoms. The largest absolute Gasteiger partial charge is 0.396 e. The topological polar surface area (TPSA) is 62.1 Å². The third kappa shape index (κ3) is 3.70. The van der Waals surface area contributed by atoms with Crippen molar-refractivity contribution in [2.75, 3.05) is 30.3 Å². The van der Waals surface area contributed by atoms with E-state index in [1.807, 2.05) is 6.92 Å². The summed E-state index contributed by atoms with van der Waals surface area (Å²) in [5, 5.41) is 9.87. The number of rotatable bonds is 5. The van der Waals surface area contributed by atoms with Gasteiger partial charge in [0, 0.05) is 25.4 Å². The fourth-order valence-corrected chi connectivity index (χ4v) is 2.76. The van der Waals surface area contributed by atoms with Gasteiger partial charge < -0.3 is 10.0 Å². The number of thioether (sulfide) groups is 1. The van der Waals surface area contributed by atoms with Crippen LogP contribution in [0.15, 0.2) is 5.16 Å². The molecule has 0 bridgehead atoms. The predicted octanol–water partition coefficient (Wildman–Crippen LogP) is 1.85. The molecule has 0 aromatic carbocycles. The maximum atomic E-state index is 8.99. The molecule has 1 aromatic heterocycles. The first-order valence-electron chi connectivity index (χ1n) is 6.09. The van der Waals surface area contributed by atoms with E-state index in [4.69, 9.17) is 16.7 Å². The molecule has 2 heterocycles. The van der Waals surface area contributed by atoms with Crippen LogP contribution >= 0.6 is 23.4 Å². The SMILES string of the molecule is CC(CO)CSc1nc(Cl)nc(N2CCCC2)n1. The molecule has 0 aliphatic carbocycles. The van der Waals surface area contributed by atoms with Gasteiger partial charge in [-0.05, 0) is 30.4 Å². The van der Waals surface area contributed by atoms with Crippen LogP contribution < -0.4 is 4.90 Å². The molecule has 1 saturated heterocycles. The normalized spacial score (nSPS) is 17.2. The third-order valence-corrected chi connectivity index (χ3v) is 4.12. The average molecular weight is 289 g/mol. The maximum absolute atomic E-state index is 8.99. The van der Waals surface area contributed by atoms with E-state index in [0.717, 1.165) is 18.8 Å².